The monoisotopic (exact) mass is 697 g/mol. The molecule has 1 heterocycles. The number of nitrogens with zero attached hydrogens (tertiary/aromatic N) is 3. The van der Waals surface area contributed by atoms with Gasteiger partial charge in [0.05, 0.1) is 11.9 Å². The summed E-state index contributed by atoms with van der Waals surface area (Å²) in [4.78, 5) is 11.8. The zero-order valence-corrected chi connectivity index (χ0v) is 31.9. The lowest BCUT2D eigenvalue weighted by Gasteiger charge is -2.29. The van der Waals surface area contributed by atoms with Crippen LogP contribution in [0.5, 0.6) is 0 Å². The van der Waals surface area contributed by atoms with Crippen molar-refractivity contribution >= 4 is 51.1 Å². The van der Waals surface area contributed by atoms with Gasteiger partial charge in [-0.25, -0.2) is 4.98 Å². The molecule has 54 heavy (non-hydrogen) atoms. The molecule has 0 spiro atoms. The second kappa shape index (κ2) is 14.6. The number of benzene rings is 7. The van der Waals surface area contributed by atoms with E-state index in [1.807, 2.05) is 6.20 Å². The van der Waals surface area contributed by atoms with Gasteiger partial charge < -0.3 is 0 Å². The van der Waals surface area contributed by atoms with Gasteiger partial charge in [-0.3, -0.25) is 9.88 Å². The van der Waals surface area contributed by atoms with Crippen molar-refractivity contribution in [3.05, 3.63) is 191 Å². The van der Waals surface area contributed by atoms with Gasteiger partial charge in [-0.2, -0.15) is 0 Å². The zero-order valence-electron chi connectivity index (χ0n) is 31.9. The van der Waals surface area contributed by atoms with Crippen molar-refractivity contribution in [1.29, 1.82) is 0 Å². The molecule has 0 aliphatic heterocycles. The molecule has 4 heteroatoms. The number of hydrogen-bond donors (Lipinski definition) is 0. The fourth-order valence-corrected chi connectivity index (χ4v) is 8.64. The van der Waals surface area contributed by atoms with Gasteiger partial charge in [0.1, 0.15) is 0 Å². The van der Waals surface area contributed by atoms with Gasteiger partial charge in [0.25, 0.3) is 0 Å². The van der Waals surface area contributed by atoms with Crippen LogP contribution in [0.3, 0.4) is 0 Å². The molecule has 1 aromatic heterocycles. The van der Waals surface area contributed by atoms with E-state index in [0.29, 0.717) is 0 Å². The topological polar surface area (TPSA) is 29.0 Å². The fourth-order valence-electron chi connectivity index (χ4n) is 8.64. The zero-order chi connectivity index (χ0) is 37.3. The van der Waals surface area contributed by atoms with Crippen molar-refractivity contribution in [3.8, 4) is 22.3 Å². The van der Waals surface area contributed by atoms with Crippen molar-refractivity contribution < 1.29 is 0 Å². The molecule has 0 radical (unpaired) electrons. The number of aromatic nitrogens is 2. The van der Waals surface area contributed by atoms with Gasteiger partial charge in [0, 0.05) is 23.5 Å². The van der Waals surface area contributed by atoms with Crippen molar-refractivity contribution in [1.82, 2.24) is 9.97 Å². The smallest absolute Gasteiger partial charge is 0.243 e. The predicted octanol–water partition coefficient (Wildman–Crippen LogP) is 10.8. The van der Waals surface area contributed by atoms with Gasteiger partial charge in [0.15, 0.2) is 5.82 Å². The van der Waals surface area contributed by atoms with Crippen LogP contribution in [0, 0.1) is 41.5 Å². The first-order valence-electron chi connectivity index (χ1n) is 18.8. The summed E-state index contributed by atoms with van der Waals surface area (Å²) in [6.07, 6.45) is 5.38. The van der Waals surface area contributed by atoms with Gasteiger partial charge in [-0.1, -0.05) is 165 Å². The number of anilines is 3. The highest BCUT2D eigenvalue weighted by atomic mass is 15.2. The van der Waals surface area contributed by atoms with E-state index >= 15 is 0 Å². The molecule has 262 valence electrons. The van der Waals surface area contributed by atoms with Crippen LogP contribution < -0.4 is 21.3 Å². The number of aryl methyl sites for hydroxylation is 6. The van der Waals surface area contributed by atoms with Crippen LogP contribution in [0.15, 0.2) is 158 Å². The third kappa shape index (κ3) is 6.61. The highest BCUT2D eigenvalue weighted by Gasteiger charge is 2.31. The van der Waals surface area contributed by atoms with Gasteiger partial charge >= 0.3 is 0 Å². The first-order valence-corrected chi connectivity index (χ1v) is 18.8. The normalized spacial score (nSPS) is 11.1. The Morgan fingerprint density at radius 3 is 1.46 bits per heavy atom. The SMILES string of the molecule is Cc1cc(C)c(B(c2c(C)cc(C)cc2C)c2ccc(N(c3cc(-c4ccccc4)cc(-c4ccccc4)c3)c3cnccn3)c3ccccc23)c(C)c1. The van der Waals surface area contributed by atoms with E-state index in [9.17, 15) is 0 Å². The molecule has 0 atom stereocenters. The quantitative estimate of drug-likeness (QED) is 0.148. The lowest BCUT2D eigenvalue weighted by atomic mass is 9.33. The molecule has 0 fully saturated rings. The Balaban J connectivity index is 1.41. The molecule has 0 aliphatic rings. The lowest BCUT2D eigenvalue weighted by Crippen LogP contribution is -2.56. The average molecular weight is 698 g/mol. The Hall–Kier alpha value is -6.26. The molecule has 0 bridgehead atoms. The Morgan fingerprint density at radius 2 is 0.963 bits per heavy atom. The summed E-state index contributed by atoms with van der Waals surface area (Å²) < 4.78 is 0. The minimum absolute atomic E-state index is 0.0428. The molecule has 0 aliphatic carbocycles. The van der Waals surface area contributed by atoms with Crippen molar-refractivity contribution in [2.75, 3.05) is 4.90 Å². The second-order valence-corrected chi connectivity index (χ2v) is 14.7. The van der Waals surface area contributed by atoms with Gasteiger partial charge in [-0.05, 0) is 93.4 Å². The minimum atomic E-state index is 0.0428. The molecule has 0 unspecified atom stereocenters. The first kappa shape index (κ1) is 34.8. The van der Waals surface area contributed by atoms with Crippen LogP contribution in [0.25, 0.3) is 33.0 Å². The molecule has 0 N–H and O–H groups in total. The molecule has 8 aromatic rings. The van der Waals surface area contributed by atoms with Crippen LogP contribution in [-0.2, 0) is 0 Å². The highest BCUT2D eigenvalue weighted by Crippen LogP contribution is 2.41. The standard InChI is InChI=1S/C50H44BN3/c1-33-25-35(3)49(36(4)26-33)51(50-37(5)27-34(2)28-38(50)6)46-21-22-47(45-20-14-13-19-44(45)46)54(48-32-52-23-24-53-48)43-30-41(39-15-9-7-10-16-39)29-42(31-43)40-17-11-8-12-18-40/h7-32H,1-6H3. The van der Waals surface area contributed by atoms with E-state index in [1.165, 1.54) is 55.2 Å². The summed E-state index contributed by atoms with van der Waals surface area (Å²) in [6, 6.07) is 51.0. The maximum Gasteiger partial charge on any atom is 0.243 e. The summed E-state index contributed by atoms with van der Waals surface area (Å²) in [5, 5.41) is 2.37. The van der Waals surface area contributed by atoms with Crippen LogP contribution in [0.2, 0.25) is 0 Å². The summed E-state index contributed by atoms with van der Waals surface area (Å²) in [6.45, 7) is 13.5. The van der Waals surface area contributed by atoms with E-state index in [4.69, 9.17) is 4.98 Å². The maximum atomic E-state index is 4.92. The van der Waals surface area contributed by atoms with Crippen LogP contribution in [0.1, 0.15) is 33.4 Å². The van der Waals surface area contributed by atoms with Gasteiger partial charge in [-0.15, -0.1) is 0 Å². The molecular formula is C50H44BN3. The summed E-state index contributed by atoms with van der Waals surface area (Å²) in [5.74, 6) is 0.756. The third-order valence-corrected chi connectivity index (χ3v) is 10.7. The van der Waals surface area contributed by atoms with Crippen molar-refractivity contribution in [3.63, 3.8) is 0 Å². The fraction of sp³-hybridized carbons (Fsp3) is 0.120. The largest absolute Gasteiger partial charge is 0.293 e. The molecule has 0 amide bonds. The van der Waals surface area contributed by atoms with E-state index in [0.717, 1.165) is 44.8 Å². The highest BCUT2D eigenvalue weighted by molar-refractivity contribution is 6.98. The molecular weight excluding hydrogens is 653 g/mol. The number of hydrogen-bond acceptors (Lipinski definition) is 3. The summed E-state index contributed by atoms with van der Waals surface area (Å²) in [7, 11) is 0. The Kier molecular flexibility index (Phi) is 9.44. The summed E-state index contributed by atoms with van der Waals surface area (Å²) >= 11 is 0. The van der Waals surface area contributed by atoms with Crippen molar-refractivity contribution in [2.45, 2.75) is 41.5 Å². The molecule has 3 nitrogen and oxygen atoms in total. The molecule has 8 rings (SSSR count). The van der Waals surface area contributed by atoms with Crippen LogP contribution in [-0.4, -0.2) is 16.7 Å². The van der Waals surface area contributed by atoms with E-state index in [2.05, 4.69) is 191 Å². The molecule has 0 saturated heterocycles. The Labute approximate surface area is 320 Å². The second-order valence-electron chi connectivity index (χ2n) is 14.7. The van der Waals surface area contributed by atoms with E-state index in [1.54, 1.807) is 12.4 Å². The van der Waals surface area contributed by atoms with Gasteiger partial charge in [0.2, 0.25) is 6.71 Å². The number of rotatable bonds is 8. The Morgan fingerprint density at radius 1 is 0.463 bits per heavy atom. The molecule has 0 saturated carbocycles. The predicted molar refractivity (Wildman–Crippen MR) is 231 cm³/mol. The van der Waals surface area contributed by atoms with E-state index < -0.39 is 0 Å². The molecule has 7 aromatic carbocycles. The summed E-state index contributed by atoms with van der Waals surface area (Å²) in [5.41, 5.74) is 18.5. The third-order valence-electron chi connectivity index (χ3n) is 10.7. The maximum absolute atomic E-state index is 4.92. The first-order chi connectivity index (χ1) is 26.3. The lowest BCUT2D eigenvalue weighted by molar-refractivity contribution is 1.13. The minimum Gasteiger partial charge on any atom is -0.293 e. The number of fused-ring (bicyclic) bond motifs is 1. The van der Waals surface area contributed by atoms with Crippen molar-refractivity contribution in [2.24, 2.45) is 0 Å². The van der Waals surface area contributed by atoms with E-state index in [-0.39, 0.29) is 6.71 Å². The van der Waals surface area contributed by atoms with Crippen LogP contribution in [0.4, 0.5) is 17.2 Å². The average Bonchev–Trinajstić information content (AvgIpc) is 3.18. The van der Waals surface area contributed by atoms with Crippen LogP contribution >= 0.6 is 0 Å². The Bertz CT molecular complexity index is 2460.